The molecule has 4 heteroatoms. The molecule has 1 aliphatic heterocycles. The highest BCUT2D eigenvalue weighted by molar-refractivity contribution is 9.10. The summed E-state index contributed by atoms with van der Waals surface area (Å²) in [4.78, 5) is 11.4. The zero-order chi connectivity index (χ0) is 11.5. The van der Waals surface area contributed by atoms with Gasteiger partial charge >= 0.3 is 0 Å². The smallest absolute Gasteiger partial charge is 0.138 e. The fourth-order valence-electron chi connectivity index (χ4n) is 1.78. The largest absolute Gasteiger partial charge is 0.497 e. The van der Waals surface area contributed by atoms with Gasteiger partial charge in [-0.25, -0.2) is 0 Å². The van der Waals surface area contributed by atoms with Crippen LogP contribution in [0.4, 0.5) is 0 Å². The standard InChI is InChI=1S/C12H13BrO3/c1-15-9-2-3-11(13)10(7-9)12-6-8(14)4-5-16-12/h2-3,7,12H,4-6H2,1H3. The second-order valence-electron chi connectivity index (χ2n) is 3.74. The molecule has 1 saturated heterocycles. The van der Waals surface area contributed by atoms with Crippen LogP contribution < -0.4 is 4.74 Å². The highest BCUT2D eigenvalue weighted by Gasteiger charge is 2.23. The van der Waals surface area contributed by atoms with Gasteiger partial charge in [0.25, 0.3) is 0 Å². The molecule has 0 bridgehead atoms. The number of methoxy groups -OCH3 is 1. The Morgan fingerprint density at radius 3 is 3.00 bits per heavy atom. The first-order valence-electron chi connectivity index (χ1n) is 5.17. The second-order valence-corrected chi connectivity index (χ2v) is 4.59. The predicted molar refractivity (Wildman–Crippen MR) is 63.6 cm³/mol. The number of carbonyl (C=O) groups excluding carboxylic acids is 1. The molecule has 1 atom stereocenters. The van der Waals surface area contributed by atoms with Crippen molar-refractivity contribution in [3.63, 3.8) is 0 Å². The lowest BCUT2D eigenvalue weighted by Gasteiger charge is -2.23. The van der Waals surface area contributed by atoms with Crippen LogP contribution >= 0.6 is 15.9 Å². The van der Waals surface area contributed by atoms with Gasteiger partial charge < -0.3 is 9.47 Å². The average molecular weight is 285 g/mol. The fourth-order valence-corrected chi connectivity index (χ4v) is 2.28. The van der Waals surface area contributed by atoms with E-state index in [0.717, 1.165) is 15.8 Å². The molecule has 1 aliphatic rings. The maximum absolute atomic E-state index is 11.4. The minimum Gasteiger partial charge on any atom is -0.497 e. The number of hydrogen-bond acceptors (Lipinski definition) is 3. The minimum absolute atomic E-state index is 0.147. The van der Waals surface area contributed by atoms with Gasteiger partial charge in [-0.05, 0) is 23.8 Å². The van der Waals surface area contributed by atoms with Gasteiger partial charge in [0.05, 0.1) is 19.8 Å². The number of carbonyl (C=O) groups is 1. The Bertz CT molecular complexity index is 403. The summed E-state index contributed by atoms with van der Waals surface area (Å²) in [5, 5.41) is 0. The minimum atomic E-state index is -0.147. The van der Waals surface area contributed by atoms with E-state index in [1.807, 2.05) is 18.2 Å². The molecule has 0 aromatic heterocycles. The van der Waals surface area contributed by atoms with Gasteiger partial charge in [0.15, 0.2) is 0 Å². The van der Waals surface area contributed by atoms with Crippen LogP contribution in [0.5, 0.6) is 5.75 Å². The van der Waals surface area contributed by atoms with Gasteiger partial charge in [-0.1, -0.05) is 15.9 Å². The van der Waals surface area contributed by atoms with Crippen molar-refractivity contribution < 1.29 is 14.3 Å². The zero-order valence-corrected chi connectivity index (χ0v) is 10.6. The molecule has 0 amide bonds. The van der Waals surface area contributed by atoms with Crippen molar-refractivity contribution in [2.45, 2.75) is 18.9 Å². The Kier molecular flexibility index (Phi) is 3.61. The SMILES string of the molecule is COc1ccc(Br)c(C2CC(=O)CCO2)c1. The van der Waals surface area contributed by atoms with Crippen molar-refractivity contribution in [3.8, 4) is 5.75 Å². The van der Waals surface area contributed by atoms with Crippen LogP contribution in [-0.2, 0) is 9.53 Å². The molecular formula is C12H13BrO3. The van der Waals surface area contributed by atoms with Crippen LogP contribution in [0.1, 0.15) is 24.5 Å². The molecule has 1 aromatic rings. The number of ether oxygens (including phenoxy) is 2. The summed E-state index contributed by atoms with van der Waals surface area (Å²) in [6.45, 7) is 0.507. The Morgan fingerprint density at radius 2 is 2.31 bits per heavy atom. The third-order valence-corrected chi connectivity index (χ3v) is 3.39. The number of Topliss-reactive ketones (excluding diaryl/α,β-unsaturated/α-hetero) is 1. The van der Waals surface area contributed by atoms with Crippen LogP contribution in [0.25, 0.3) is 0 Å². The maximum Gasteiger partial charge on any atom is 0.138 e. The summed E-state index contributed by atoms with van der Waals surface area (Å²) in [5.41, 5.74) is 0.979. The Labute approximate surface area is 103 Å². The molecule has 86 valence electrons. The van der Waals surface area contributed by atoms with E-state index in [9.17, 15) is 4.79 Å². The summed E-state index contributed by atoms with van der Waals surface area (Å²) in [6.07, 6.45) is 0.829. The first kappa shape index (κ1) is 11.6. The summed E-state index contributed by atoms with van der Waals surface area (Å²) in [6, 6.07) is 5.70. The molecule has 16 heavy (non-hydrogen) atoms. The molecule has 0 radical (unpaired) electrons. The lowest BCUT2D eigenvalue weighted by molar-refractivity contribution is -0.128. The predicted octanol–water partition coefficient (Wildman–Crippen LogP) is 2.88. The Hall–Kier alpha value is -0.870. The number of rotatable bonds is 2. The third kappa shape index (κ3) is 2.44. The molecule has 1 fully saturated rings. The van der Waals surface area contributed by atoms with Gasteiger partial charge in [-0.15, -0.1) is 0 Å². The first-order valence-corrected chi connectivity index (χ1v) is 5.96. The number of ketones is 1. The van der Waals surface area contributed by atoms with Crippen molar-refractivity contribution in [1.82, 2.24) is 0 Å². The fraction of sp³-hybridized carbons (Fsp3) is 0.417. The van der Waals surface area contributed by atoms with E-state index in [1.165, 1.54) is 0 Å². The normalized spacial score (nSPS) is 20.9. The molecule has 0 spiro atoms. The van der Waals surface area contributed by atoms with E-state index < -0.39 is 0 Å². The van der Waals surface area contributed by atoms with Crippen molar-refractivity contribution in [1.29, 1.82) is 0 Å². The molecule has 1 aromatic carbocycles. The van der Waals surface area contributed by atoms with Crippen LogP contribution in [0.2, 0.25) is 0 Å². The highest BCUT2D eigenvalue weighted by Crippen LogP contribution is 2.33. The van der Waals surface area contributed by atoms with E-state index in [0.29, 0.717) is 19.4 Å². The Morgan fingerprint density at radius 1 is 1.50 bits per heavy atom. The van der Waals surface area contributed by atoms with Crippen molar-refractivity contribution >= 4 is 21.7 Å². The van der Waals surface area contributed by atoms with Gasteiger partial charge in [0.1, 0.15) is 11.5 Å². The van der Waals surface area contributed by atoms with E-state index >= 15 is 0 Å². The van der Waals surface area contributed by atoms with E-state index in [1.54, 1.807) is 7.11 Å². The average Bonchev–Trinajstić information content (AvgIpc) is 2.30. The summed E-state index contributed by atoms with van der Waals surface area (Å²) < 4.78 is 11.7. The van der Waals surface area contributed by atoms with Gasteiger partial charge in [-0.3, -0.25) is 4.79 Å². The molecule has 3 nitrogen and oxygen atoms in total. The monoisotopic (exact) mass is 284 g/mol. The van der Waals surface area contributed by atoms with E-state index in [4.69, 9.17) is 9.47 Å². The van der Waals surface area contributed by atoms with E-state index in [-0.39, 0.29) is 11.9 Å². The van der Waals surface area contributed by atoms with Crippen LogP contribution in [0, 0.1) is 0 Å². The van der Waals surface area contributed by atoms with E-state index in [2.05, 4.69) is 15.9 Å². The Balaban J connectivity index is 2.27. The second kappa shape index (κ2) is 4.97. The molecular weight excluding hydrogens is 272 g/mol. The van der Waals surface area contributed by atoms with Crippen molar-refractivity contribution in [2.75, 3.05) is 13.7 Å². The molecule has 0 saturated carbocycles. The van der Waals surface area contributed by atoms with Crippen molar-refractivity contribution in [2.24, 2.45) is 0 Å². The van der Waals surface area contributed by atoms with Crippen LogP contribution in [-0.4, -0.2) is 19.5 Å². The molecule has 0 N–H and O–H groups in total. The first-order chi connectivity index (χ1) is 7.70. The third-order valence-electron chi connectivity index (χ3n) is 2.66. The highest BCUT2D eigenvalue weighted by atomic mass is 79.9. The topological polar surface area (TPSA) is 35.5 Å². The summed E-state index contributed by atoms with van der Waals surface area (Å²) in [7, 11) is 1.62. The van der Waals surface area contributed by atoms with Gasteiger partial charge in [0.2, 0.25) is 0 Å². The zero-order valence-electron chi connectivity index (χ0n) is 9.03. The quantitative estimate of drug-likeness (QED) is 0.838. The molecule has 1 heterocycles. The number of hydrogen-bond donors (Lipinski definition) is 0. The van der Waals surface area contributed by atoms with Gasteiger partial charge in [-0.2, -0.15) is 0 Å². The van der Waals surface area contributed by atoms with Gasteiger partial charge in [0, 0.05) is 17.3 Å². The lowest BCUT2D eigenvalue weighted by Crippen LogP contribution is -2.19. The molecule has 1 unspecified atom stereocenters. The van der Waals surface area contributed by atoms with Crippen LogP contribution in [0.15, 0.2) is 22.7 Å². The maximum atomic E-state index is 11.4. The number of halogens is 1. The number of benzene rings is 1. The van der Waals surface area contributed by atoms with Crippen LogP contribution in [0.3, 0.4) is 0 Å². The summed E-state index contributed by atoms with van der Waals surface area (Å²) in [5.74, 6) is 1.03. The molecule has 2 rings (SSSR count). The summed E-state index contributed by atoms with van der Waals surface area (Å²) >= 11 is 3.47. The lowest BCUT2D eigenvalue weighted by atomic mass is 10.0. The molecule has 0 aliphatic carbocycles. The van der Waals surface area contributed by atoms with Crippen molar-refractivity contribution in [3.05, 3.63) is 28.2 Å².